The van der Waals surface area contributed by atoms with Crippen LogP contribution < -0.4 is 0 Å². The number of nitrogens with zero attached hydrogens (tertiary/aromatic N) is 2. The molecule has 2 aromatic rings. The van der Waals surface area contributed by atoms with Crippen LogP contribution >= 0.6 is 11.6 Å². The van der Waals surface area contributed by atoms with Crippen LogP contribution in [0.1, 0.15) is 18.9 Å². The number of nitro benzene ring substituents is 1. The number of rotatable bonds is 4. The lowest BCUT2D eigenvalue weighted by Crippen LogP contribution is -2.03. The Labute approximate surface area is 110 Å². The molecule has 0 fully saturated rings. The molecule has 94 valence electrons. The lowest BCUT2D eigenvalue weighted by molar-refractivity contribution is -0.383. The first kappa shape index (κ1) is 12.8. The predicted octanol–water partition coefficient (Wildman–Crippen LogP) is 3.70. The highest BCUT2D eigenvalue weighted by Crippen LogP contribution is 2.28. The van der Waals surface area contributed by atoms with Crippen LogP contribution in [0.15, 0.2) is 30.5 Å². The highest BCUT2D eigenvalue weighted by molar-refractivity contribution is 6.20. The molecule has 18 heavy (non-hydrogen) atoms. The molecule has 0 aliphatic heterocycles. The van der Waals surface area contributed by atoms with E-state index in [1.54, 1.807) is 18.3 Å². The summed E-state index contributed by atoms with van der Waals surface area (Å²) in [5.41, 5.74) is 1.47. The third-order valence-electron chi connectivity index (χ3n) is 2.92. The quantitative estimate of drug-likeness (QED) is 0.481. The van der Waals surface area contributed by atoms with E-state index >= 15 is 0 Å². The lowest BCUT2D eigenvalue weighted by Gasteiger charge is -2.09. The summed E-state index contributed by atoms with van der Waals surface area (Å²) in [5.74, 6) is 0. The molecule has 0 N–H and O–H groups in total. The zero-order chi connectivity index (χ0) is 13.1. The van der Waals surface area contributed by atoms with Gasteiger partial charge in [0.2, 0.25) is 0 Å². The molecule has 0 amide bonds. The van der Waals surface area contributed by atoms with Crippen LogP contribution in [-0.2, 0) is 6.42 Å². The van der Waals surface area contributed by atoms with Crippen molar-refractivity contribution in [2.75, 3.05) is 0 Å². The molecule has 2 rings (SSSR count). The number of hydrogen-bond donors (Lipinski definition) is 0. The van der Waals surface area contributed by atoms with Crippen LogP contribution in [0.25, 0.3) is 10.9 Å². The van der Waals surface area contributed by atoms with Gasteiger partial charge in [0.1, 0.15) is 5.52 Å². The maximum Gasteiger partial charge on any atom is 0.295 e. The minimum absolute atomic E-state index is 0.0369. The van der Waals surface area contributed by atoms with Gasteiger partial charge in [-0.2, -0.15) is 0 Å². The summed E-state index contributed by atoms with van der Waals surface area (Å²) in [7, 11) is 0. The highest BCUT2D eigenvalue weighted by Gasteiger charge is 2.16. The second kappa shape index (κ2) is 5.31. The molecule has 0 saturated carbocycles. The van der Waals surface area contributed by atoms with E-state index in [4.69, 9.17) is 11.6 Å². The summed E-state index contributed by atoms with van der Waals surface area (Å²) in [6.45, 7) is 2.02. The van der Waals surface area contributed by atoms with E-state index in [1.807, 2.05) is 13.0 Å². The average Bonchev–Trinajstić information content (AvgIpc) is 2.38. The molecule has 0 saturated heterocycles. The lowest BCUT2D eigenvalue weighted by atomic mass is 10.0. The number of aromatic nitrogens is 1. The van der Waals surface area contributed by atoms with Crippen molar-refractivity contribution in [3.63, 3.8) is 0 Å². The molecule has 1 atom stereocenters. The number of non-ortho nitro benzene ring substituents is 1. The molecular weight excluding hydrogens is 252 g/mol. The molecule has 1 aromatic heterocycles. The van der Waals surface area contributed by atoms with Gasteiger partial charge in [-0.05, 0) is 24.5 Å². The van der Waals surface area contributed by atoms with Crippen LogP contribution in [0.3, 0.4) is 0 Å². The maximum absolute atomic E-state index is 10.9. The third-order valence-corrected chi connectivity index (χ3v) is 3.38. The second-order valence-electron chi connectivity index (χ2n) is 4.11. The molecule has 0 aliphatic rings. The van der Waals surface area contributed by atoms with Gasteiger partial charge in [0.15, 0.2) is 0 Å². The second-order valence-corrected chi connectivity index (χ2v) is 4.73. The largest absolute Gasteiger partial charge is 0.295 e. The Bertz CT molecular complexity index is 586. The van der Waals surface area contributed by atoms with E-state index in [0.717, 1.165) is 17.4 Å². The molecule has 5 heteroatoms. The molecule has 0 bridgehead atoms. The fourth-order valence-electron chi connectivity index (χ4n) is 1.93. The number of alkyl halides is 1. The molecule has 0 radical (unpaired) electrons. The fourth-order valence-corrected chi connectivity index (χ4v) is 2.09. The number of hydrogen-bond acceptors (Lipinski definition) is 3. The van der Waals surface area contributed by atoms with Crippen molar-refractivity contribution in [2.45, 2.75) is 25.1 Å². The van der Waals surface area contributed by atoms with Gasteiger partial charge >= 0.3 is 0 Å². The Hall–Kier alpha value is -1.68. The van der Waals surface area contributed by atoms with Gasteiger partial charge in [0.25, 0.3) is 5.69 Å². The average molecular weight is 265 g/mol. The number of benzene rings is 1. The highest BCUT2D eigenvalue weighted by atomic mass is 35.5. The summed E-state index contributed by atoms with van der Waals surface area (Å²) in [6, 6.07) is 6.91. The van der Waals surface area contributed by atoms with E-state index in [2.05, 4.69) is 4.98 Å². The summed E-state index contributed by atoms with van der Waals surface area (Å²) in [5, 5.41) is 11.8. The number of pyridine rings is 1. The van der Waals surface area contributed by atoms with Crippen LogP contribution in [0, 0.1) is 10.1 Å². The van der Waals surface area contributed by atoms with E-state index in [-0.39, 0.29) is 11.1 Å². The Balaban J connectivity index is 2.57. The van der Waals surface area contributed by atoms with Crippen LogP contribution in [0.4, 0.5) is 5.69 Å². The molecule has 4 nitrogen and oxygen atoms in total. The number of halogens is 1. The standard InChI is InChI=1S/C13H13ClN2O2/c1-2-10(14)8-9-5-6-12(16(17)18)13-11(9)4-3-7-15-13/h3-7,10H,2,8H2,1H3. The summed E-state index contributed by atoms with van der Waals surface area (Å²) < 4.78 is 0. The Kier molecular flexibility index (Phi) is 3.77. The molecule has 0 spiro atoms. The van der Waals surface area contributed by atoms with Gasteiger partial charge in [-0.1, -0.05) is 19.1 Å². The zero-order valence-corrected chi connectivity index (χ0v) is 10.7. The van der Waals surface area contributed by atoms with E-state index < -0.39 is 4.92 Å². The Morgan fingerprint density at radius 1 is 1.44 bits per heavy atom. The van der Waals surface area contributed by atoms with E-state index in [0.29, 0.717) is 11.9 Å². The van der Waals surface area contributed by atoms with Crippen molar-refractivity contribution in [3.05, 3.63) is 46.1 Å². The maximum atomic E-state index is 10.9. The van der Waals surface area contributed by atoms with Crippen LogP contribution in [0.5, 0.6) is 0 Å². The van der Waals surface area contributed by atoms with Gasteiger partial charge in [0.05, 0.1) is 4.92 Å². The smallest absolute Gasteiger partial charge is 0.258 e. The third kappa shape index (κ3) is 2.43. The van der Waals surface area contributed by atoms with Crippen molar-refractivity contribution in [1.82, 2.24) is 4.98 Å². The Morgan fingerprint density at radius 3 is 2.89 bits per heavy atom. The molecule has 1 heterocycles. The molecule has 1 aromatic carbocycles. The van der Waals surface area contributed by atoms with Gasteiger partial charge < -0.3 is 0 Å². The number of fused-ring (bicyclic) bond motifs is 1. The summed E-state index contributed by atoms with van der Waals surface area (Å²) in [6.07, 6.45) is 3.12. The van der Waals surface area contributed by atoms with Crippen molar-refractivity contribution < 1.29 is 4.92 Å². The summed E-state index contributed by atoms with van der Waals surface area (Å²) >= 11 is 6.15. The van der Waals surface area contributed by atoms with Gasteiger partial charge in [-0.15, -0.1) is 11.6 Å². The first-order chi connectivity index (χ1) is 8.63. The Morgan fingerprint density at radius 2 is 2.22 bits per heavy atom. The van der Waals surface area contributed by atoms with E-state index in [9.17, 15) is 10.1 Å². The monoisotopic (exact) mass is 264 g/mol. The topological polar surface area (TPSA) is 56.0 Å². The minimum Gasteiger partial charge on any atom is -0.258 e. The normalized spacial score (nSPS) is 12.6. The van der Waals surface area contributed by atoms with E-state index in [1.165, 1.54) is 6.07 Å². The molecule has 0 aliphatic carbocycles. The predicted molar refractivity (Wildman–Crippen MR) is 72.0 cm³/mol. The zero-order valence-electron chi connectivity index (χ0n) is 9.97. The van der Waals surface area contributed by atoms with Crippen LogP contribution in [-0.4, -0.2) is 15.3 Å². The van der Waals surface area contributed by atoms with Crippen LogP contribution in [0.2, 0.25) is 0 Å². The van der Waals surface area contributed by atoms with Gasteiger partial charge in [0, 0.05) is 23.0 Å². The minimum atomic E-state index is -0.406. The van der Waals surface area contributed by atoms with Gasteiger partial charge in [-0.25, -0.2) is 4.98 Å². The summed E-state index contributed by atoms with van der Waals surface area (Å²) in [4.78, 5) is 14.6. The fraction of sp³-hybridized carbons (Fsp3) is 0.308. The van der Waals surface area contributed by atoms with Crippen molar-refractivity contribution in [1.29, 1.82) is 0 Å². The molecule has 1 unspecified atom stereocenters. The van der Waals surface area contributed by atoms with Crippen molar-refractivity contribution >= 4 is 28.2 Å². The van der Waals surface area contributed by atoms with Gasteiger partial charge in [-0.3, -0.25) is 10.1 Å². The number of nitro groups is 1. The first-order valence-electron chi connectivity index (χ1n) is 5.78. The first-order valence-corrected chi connectivity index (χ1v) is 6.22. The molecular formula is C13H13ClN2O2. The van der Waals surface area contributed by atoms with Crippen molar-refractivity contribution in [3.8, 4) is 0 Å². The SMILES string of the molecule is CCC(Cl)Cc1ccc([N+](=O)[O-])c2ncccc12. The van der Waals surface area contributed by atoms with Crippen molar-refractivity contribution in [2.24, 2.45) is 0 Å².